The van der Waals surface area contributed by atoms with Crippen molar-refractivity contribution < 1.29 is 25.6 Å². The largest absolute Gasteiger partial charge is 2.00 e. The number of hydrogen-bond acceptors (Lipinski definition) is 2. The van der Waals surface area contributed by atoms with Crippen LogP contribution in [0.4, 0.5) is 0 Å². The van der Waals surface area contributed by atoms with Crippen LogP contribution in [-0.4, -0.2) is 5.21 Å². The molecule has 0 heterocycles. The van der Waals surface area contributed by atoms with Gasteiger partial charge in [-0.3, -0.25) is 0 Å². The Morgan fingerprint density at radius 1 is 1.33 bits per heavy atom. The molecule has 0 spiro atoms. The molecule has 0 atom stereocenters. The molecule has 0 aliphatic rings. The summed E-state index contributed by atoms with van der Waals surface area (Å²) in [7, 11) is 0. The van der Waals surface area contributed by atoms with E-state index in [4.69, 9.17) is 10.1 Å². The molecule has 6 heteroatoms. The van der Waals surface area contributed by atoms with E-state index in [-0.39, 0.29) is 32.7 Å². The fourth-order valence-electron chi connectivity index (χ4n) is 0. The van der Waals surface area contributed by atoms with Gasteiger partial charge in [0.05, 0.1) is 0 Å². The monoisotopic (exact) mass is 185 g/mol. The van der Waals surface area contributed by atoms with Gasteiger partial charge in [0, 0.05) is 0 Å². The molecule has 6 heavy (non-hydrogen) atoms. The van der Waals surface area contributed by atoms with Gasteiger partial charge in [0.1, 0.15) is 0 Å². The normalized spacial score (nSPS) is 2.00. The predicted molar refractivity (Wildman–Crippen MR) is 18.2 cm³/mol. The average molecular weight is 185 g/mol. The zero-order valence-corrected chi connectivity index (χ0v) is 4.33. The van der Waals surface area contributed by atoms with Crippen molar-refractivity contribution in [3.63, 3.8) is 0 Å². The fourth-order valence-corrected chi connectivity index (χ4v) is 0. The van der Waals surface area contributed by atoms with Crippen molar-refractivity contribution in [3.05, 3.63) is 17.2 Å². The van der Waals surface area contributed by atoms with E-state index in [1.807, 2.05) is 0 Å². The van der Waals surface area contributed by atoms with Crippen molar-refractivity contribution in [1.29, 1.82) is 0 Å². The fraction of sp³-hybridized carbons (Fsp3) is 0. The summed E-state index contributed by atoms with van der Waals surface area (Å²) in [6.07, 6.45) is 0. The third-order valence-electron chi connectivity index (χ3n) is 0. The van der Waals surface area contributed by atoms with Crippen LogP contribution in [0.15, 0.2) is 5.34 Å². The van der Waals surface area contributed by atoms with Gasteiger partial charge in [0.15, 0.2) is 5.34 Å². The molecule has 0 amide bonds. The van der Waals surface area contributed by atoms with E-state index in [9.17, 15) is 0 Å². The Balaban J connectivity index is -0.00000000667. The molecule has 0 aromatic rings. The second-order valence-corrected chi connectivity index (χ2v) is 0.0816. The van der Waals surface area contributed by atoms with Crippen molar-refractivity contribution >= 4 is 0 Å². The molecule has 0 radical (unpaired) electrons. The van der Waals surface area contributed by atoms with Gasteiger partial charge in [-0.2, -0.15) is 0 Å². The van der Waals surface area contributed by atoms with Gasteiger partial charge in [-0.1, -0.05) is 0 Å². The maximum Gasteiger partial charge on any atom is 2.00 e. The van der Waals surface area contributed by atoms with E-state index in [1.165, 1.54) is 5.34 Å². The van der Waals surface area contributed by atoms with Crippen LogP contribution in [-0.2, 0) is 20.4 Å². The third-order valence-corrected chi connectivity index (χ3v) is 0. The molecule has 5 nitrogen and oxygen atoms in total. The molecular weight excluding hydrogens is 180 g/mol. The summed E-state index contributed by atoms with van der Waals surface area (Å²) >= 11 is 0. The Morgan fingerprint density at radius 2 is 1.33 bits per heavy atom. The Morgan fingerprint density at radius 3 is 1.33 bits per heavy atom. The zero-order chi connectivity index (χ0) is 2.71. The van der Waals surface area contributed by atoms with Crippen LogP contribution in [0.1, 0.15) is 0 Å². The first-order chi connectivity index (χ1) is 1.41. The molecule has 0 saturated carbocycles. The second kappa shape index (κ2) is 81.9. The minimum atomic E-state index is 0. The van der Waals surface area contributed by atoms with E-state index < -0.39 is 0 Å². The van der Waals surface area contributed by atoms with E-state index in [0.29, 0.717) is 0 Å². The van der Waals surface area contributed by atoms with Crippen molar-refractivity contribution in [1.82, 2.24) is 0 Å². The first-order valence-electron chi connectivity index (χ1n) is 0.383. The molecule has 0 rings (SSSR count). The van der Waals surface area contributed by atoms with E-state index >= 15 is 0 Å². The molecule has 0 aliphatic carbocycles. The smallest absolute Gasteiger partial charge is 0.693 e. The number of nitrogens with zero attached hydrogens (tertiary/aromatic N) is 1. The molecular formula is H5N3O2Pd. The first-order valence-corrected chi connectivity index (χ1v) is 0.383. The van der Waals surface area contributed by atoms with Crippen molar-refractivity contribution in [2.24, 2.45) is 5.34 Å². The minimum absolute atomic E-state index is 0. The van der Waals surface area contributed by atoms with Crippen LogP contribution in [0.2, 0.25) is 0 Å². The molecule has 0 unspecified atom stereocenters. The standard InChI is InChI=1S/HNO2.2H2N.Pd/c2-1-3;;;/h(H,2,3);2*1H2;/q;2*-1;+2. The molecule has 0 bridgehead atoms. The van der Waals surface area contributed by atoms with Crippen molar-refractivity contribution in [2.45, 2.75) is 0 Å². The van der Waals surface area contributed by atoms with E-state index in [0.717, 1.165) is 0 Å². The van der Waals surface area contributed by atoms with Gasteiger partial charge in [0.2, 0.25) is 0 Å². The molecule has 0 aromatic heterocycles. The van der Waals surface area contributed by atoms with Gasteiger partial charge in [-0.05, 0) is 0 Å². The van der Waals surface area contributed by atoms with E-state index in [1.54, 1.807) is 0 Å². The molecule has 0 aromatic carbocycles. The van der Waals surface area contributed by atoms with Gasteiger partial charge in [-0.15, -0.1) is 4.91 Å². The van der Waals surface area contributed by atoms with Crippen LogP contribution < -0.4 is 0 Å². The Bertz CT molecular complexity index is 16.3. The molecule has 0 saturated heterocycles. The van der Waals surface area contributed by atoms with Crippen LogP contribution in [0.5, 0.6) is 0 Å². The Hall–Kier alpha value is -0.0177. The van der Waals surface area contributed by atoms with Gasteiger partial charge >= 0.3 is 20.4 Å². The summed E-state index contributed by atoms with van der Waals surface area (Å²) in [6.45, 7) is 0. The minimum Gasteiger partial charge on any atom is -0.693 e. The number of rotatable bonds is 0. The average Bonchev–Trinajstić information content (AvgIpc) is 0.918. The molecule has 42 valence electrons. The maximum atomic E-state index is 8.11. The second-order valence-electron chi connectivity index (χ2n) is 0.0816. The first kappa shape index (κ1) is 37.8. The van der Waals surface area contributed by atoms with Gasteiger partial charge in [-0.25, -0.2) is 0 Å². The number of hydrogen-bond donors (Lipinski definition) is 1. The Labute approximate surface area is 48.9 Å². The van der Waals surface area contributed by atoms with Gasteiger partial charge < -0.3 is 17.5 Å². The van der Waals surface area contributed by atoms with E-state index in [2.05, 4.69) is 0 Å². The SMILES string of the molecule is O=NO.[NH2-].[NH2-].[Pd+2]. The summed E-state index contributed by atoms with van der Waals surface area (Å²) in [5, 5.41) is 7.89. The molecule has 0 fully saturated rings. The third kappa shape index (κ3) is 114000. The van der Waals surface area contributed by atoms with Crippen LogP contribution in [0.3, 0.4) is 0 Å². The van der Waals surface area contributed by atoms with Crippen LogP contribution in [0, 0.1) is 4.91 Å². The number of nitrogens with two attached hydrogens (primary N) is 2. The quantitative estimate of drug-likeness (QED) is 0.350. The summed E-state index contributed by atoms with van der Waals surface area (Å²) in [6, 6.07) is 0. The topological polar surface area (TPSA) is 117 Å². The summed E-state index contributed by atoms with van der Waals surface area (Å²) < 4.78 is 0. The van der Waals surface area contributed by atoms with Crippen LogP contribution >= 0.6 is 0 Å². The molecule has 0 aliphatic heterocycles. The molecule has 5 N–H and O–H groups in total. The van der Waals surface area contributed by atoms with Crippen molar-refractivity contribution in [2.75, 3.05) is 0 Å². The summed E-state index contributed by atoms with van der Waals surface area (Å²) in [4.78, 5) is 8.11. The predicted octanol–water partition coefficient (Wildman–Crippen LogP) is 1.57. The maximum absolute atomic E-state index is 8.11. The summed E-state index contributed by atoms with van der Waals surface area (Å²) in [5.74, 6) is 0. The van der Waals surface area contributed by atoms with Crippen molar-refractivity contribution in [3.8, 4) is 0 Å². The zero-order valence-electron chi connectivity index (χ0n) is 2.77. The van der Waals surface area contributed by atoms with Gasteiger partial charge in [0.25, 0.3) is 0 Å². The van der Waals surface area contributed by atoms with Crippen LogP contribution in [0.25, 0.3) is 12.3 Å². The Kier molecular flexibility index (Phi) is 516. The summed E-state index contributed by atoms with van der Waals surface area (Å²) in [5.41, 5.74) is 0.